The van der Waals surface area contributed by atoms with E-state index in [1.54, 1.807) is 6.07 Å². The molecule has 0 radical (unpaired) electrons. The molecule has 1 heterocycles. The number of carbonyl (C=O) groups is 1. The van der Waals surface area contributed by atoms with Crippen molar-refractivity contribution in [3.63, 3.8) is 0 Å². The zero-order valence-electron chi connectivity index (χ0n) is 14.7. The second-order valence-corrected chi connectivity index (χ2v) is 7.34. The zero-order chi connectivity index (χ0) is 18.3. The Balaban J connectivity index is 1.60. The molecule has 26 heavy (non-hydrogen) atoms. The molecule has 1 aliphatic carbocycles. The summed E-state index contributed by atoms with van der Waals surface area (Å²) in [4.78, 5) is 14.6. The first kappa shape index (κ1) is 17.0. The SMILES string of the molecule is C[C@H](c1ccccc1)N1CC(C2CC2)C(c2ccc(F)c(F)c2)NC1=O. The third kappa shape index (κ3) is 3.18. The summed E-state index contributed by atoms with van der Waals surface area (Å²) in [5.41, 5.74) is 1.73. The zero-order valence-corrected chi connectivity index (χ0v) is 14.7. The Morgan fingerprint density at radius 3 is 2.46 bits per heavy atom. The number of rotatable bonds is 4. The first-order valence-electron chi connectivity index (χ1n) is 9.11. The van der Waals surface area contributed by atoms with Crippen molar-refractivity contribution < 1.29 is 13.6 Å². The lowest BCUT2D eigenvalue weighted by atomic mass is 9.86. The average Bonchev–Trinajstić information content (AvgIpc) is 3.49. The van der Waals surface area contributed by atoms with E-state index in [9.17, 15) is 13.6 Å². The molecule has 2 aromatic carbocycles. The number of amides is 2. The van der Waals surface area contributed by atoms with Crippen LogP contribution in [0.4, 0.5) is 13.6 Å². The Morgan fingerprint density at radius 1 is 1.08 bits per heavy atom. The van der Waals surface area contributed by atoms with Crippen LogP contribution in [-0.2, 0) is 0 Å². The van der Waals surface area contributed by atoms with E-state index in [2.05, 4.69) is 5.32 Å². The van der Waals surface area contributed by atoms with Gasteiger partial charge in [0.1, 0.15) is 0 Å². The van der Waals surface area contributed by atoms with Crippen LogP contribution in [0.25, 0.3) is 0 Å². The monoisotopic (exact) mass is 356 g/mol. The lowest BCUT2D eigenvalue weighted by Gasteiger charge is -2.42. The lowest BCUT2D eigenvalue weighted by molar-refractivity contribution is 0.116. The molecule has 0 spiro atoms. The summed E-state index contributed by atoms with van der Waals surface area (Å²) in [7, 11) is 0. The molecule has 3 atom stereocenters. The van der Waals surface area contributed by atoms with Gasteiger partial charge in [0.05, 0.1) is 12.1 Å². The van der Waals surface area contributed by atoms with E-state index < -0.39 is 11.6 Å². The Bertz CT molecular complexity index is 807. The first-order valence-corrected chi connectivity index (χ1v) is 9.11. The number of benzene rings is 2. The average molecular weight is 356 g/mol. The van der Waals surface area contributed by atoms with Crippen molar-refractivity contribution in [3.05, 3.63) is 71.3 Å². The molecule has 1 saturated carbocycles. The number of hydrogen-bond acceptors (Lipinski definition) is 1. The van der Waals surface area contributed by atoms with E-state index in [-0.39, 0.29) is 24.0 Å². The Hall–Kier alpha value is -2.43. The summed E-state index contributed by atoms with van der Waals surface area (Å²) >= 11 is 0. The first-order chi connectivity index (χ1) is 12.5. The van der Waals surface area contributed by atoms with E-state index in [1.807, 2.05) is 42.2 Å². The van der Waals surface area contributed by atoms with Gasteiger partial charge in [-0.05, 0) is 48.9 Å². The standard InChI is InChI=1S/C21H22F2N2O/c1-13(14-5-3-2-4-6-14)25-12-17(15-7-8-15)20(24-21(25)26)16-9-10-18(22)19(23)11-16/h2-6,9-11,13,15,17,20H,7-8,12H2,1H3,(H,24,26)/t13-,17?,20?/m1/s1. The maximum absolute atomic E-state index is 13.7. The highest BCUT2D eigenvalue weighted by atomic mass is 19.2. The minimum Gasteiger partial charge on any atom is -0.331 e. The highest BCUT2D eigenvalue weighted by molar-refractivity contribution is 5.76. The molecule has 2 aliphatic rings. The third-order valence-corrected chi connectivity index (χ3v) is 5.66. The smallest absolute Gasteiger partial charge is 0.318 e. The summed E-state index contributed by atoms with van der Waals surface area (Å²) in [5.74, 6) is -1.02. The number of nitrogens with one attached hydrogen (secondary N) is 1. The Morgan fingerprint density at radius 2 is 1.81 bits per heavy atom. The van der Waals surface area contributed by atoms with Gasteiger partial charge in [-0.3, -0.25) is 0 Å². The molecule has 5 heteroatoms. The van der Waals surface area contributed by atoms with E-state index in [0.717, 1.165) is 24.5 Å². The number of nitrogens with zero attached hydrogens (tertiary/aromatic N) is 1. The van der Waals surface area contributed by atoms with E-state index in [4.69, 9.17) is 0 Å². The third-order valence-electron chi connectivity index (χ3n) is 5.66. The van der Waals surface area contributed by atoms with E-state index in [0.29, 0.717) is 18.0 Å². The van der Waals surface area contributed by atoms with Crippen molar-refractivity contribution in [2.24, 2.45) is 11.8 Å². The molecule has 1 saturated heterocycles. The van der Waals surface area contributed by atoms with Gasteiger partial charge in [0, 0.05) is 12.5 Å². The van der Waals surface area contributed by atoms with Crippen molar-refractivity contribution in [2.45, 2.75) is 31.8 Å². The fourth-order valence-electron chi connectivity index (χ4n) is 3.97. The molecular formula is C21H22F2N2O. The van der Waals surface area contributed by atoms with Gasteiger partial charge in [-0.2, -0.15) is 0 Å². The molecule has 1 aliphatic heterocycles. The number of hydrogen-bond donors (Lipinski definition) is 1. The molecule has 2 amide bonds. The molecular weight excluding hydrogens is 334 g/mol. The Labute approximate surface area is 152 Å². The molecule has 136 valence electrons. The second-order valence-electron chi connectivity index (χ2n) is 7.34. The summed E-state index contributed by atoms with van der Waals surface area (Å²) < 4.78 is 27.0. The van der Waals surface area contributed by atoms with E-state index in [1.165, 1.54) is 6.07 Å². The van der Waals surface area contributed by atoms with Gasteiger partial charge in [0.2, 0.25) is 0 Å². The van der Waals surface area contributed by atoms with Crippen LogP contribution < -0.4 is 5.32 Å². The molecule has 2 fully saturated rings. The van der Waals surface area contributed by atoms with E-state index >= 15 is 0 Å². The van der Waals surface area contributed by atoms with Gasteiger partial charge in [-0.1, -0.05) is 36.4 Å². The highest BCUT2D eigenvalue weighted by Crippen LogP contribution is 2.46. The quantitative estimate of drug-likeness (QED) is 0.837. The fourth-order valence-corrected chi connectivity index (χ4v) is 3.97. The highest BCUT2D eigenvalue weighted by Gasteiger charge is 2.44. The predicted octanol–water partition coefficient (Wildman–Crippen LogP) is 4.82. The molecule has 3 nitrogen and oxygen atoms in total. The molecule has 4 rings (SSSR count). The van der Waals surface area contributed by atoms with Crippen LogP contribution in [0.15, 0.2) is 48.5 Å². The predicted molar refractivity (Wildman–Crippen MR) is 95.4 cm³/mol. The van der Waals surface area contributed by atoms with Crippen molar-refractivity contribution >= 4 is 6.03 Å². The summed E-state index contributed by atoms with van der Waals surface area (Å²) in [6, 6.07) is 13.4. The van der Waals surface area contributed by atoms with Gasteiger partial charge in [0.15, 0.2) is 11.6 Å². The van der Waals surface area contributed by atoms with Crippen LogP contribution in [0.1, 0.15) is 43.0 Å². The minimum absolute atomic E-state index is 0.0386. The van der Waals surface area contributed by atoms with Crippen LogP contribution in [0.5, 0.6) is 0 Å². The van der Waals surface area contributed by atoms with Crippen molar-refractivity contribution in [3.8, 4) is 0 Å². The van der Waals surface area contributed by atoms with Gasteiger partial charge in [-0.15, -0.1) is 0 Å². The molecule has 1 N–H and O–H groups in total. The van der Waals surface area contributed by atoms with Crippen LogP contribution in [0.3, 0.4) is 0 Å². The van der Waals surface area contributed by atoms with Gasteiger partial charge in [-0.25, -0.2) is 13.6 Å². The molecule has 2 unspecified atom stereocenters. The Kier molecular flexibility index (Phi) is 4.39. The molecule has 0 bridgehead atoms. The maximum Gasteiger partial charge on any atom is 0.318 e. The maximum atomic E-state index is 13.7. The van der Waals surface area contributed by atoms with Crippen molar-refractivity contribution in [1.29, 1.82) is 0 Å². The topological polar surface area (TPSA) is 32.3 Å². The number of halogens is 2. The van der Waals surface area contributed by atoms with Gasteiger partial charge < -0.3 is 10.2 Å². The summed E-state index contributed by atoms with van der Waals surface area (Å²) in [6.07, 6.45) is 2.24. The van der Waals surface area contributed by atoms with Crippen LogP contribution >= 0.6 is 0 Å². The largest absolute Gasteiger partial charge is 0.331 e. The van der Waals surface area contributed by atoms with Gasteiger partial charge in [0.25, 0.3) is 0 Å². The fraction of sp³-hybridized carbons (Fsp3) is 0.381. The normalized spacial score (nSPS) is 24.3. The summed E-state index contributed by atoms with van der Waals surface area (Å²) in [6.45, 7) is 2.65. The van der Waals surface area contributed by atoms with Gasteiger partial charge >= 0.3 is 6.03 Å². The van der Waals surface area contributed by atoms with Crippen molar-refractivity contribution in [1.82, 2.24) is 10.2 Å². The number of carbonyl (C=O) groups excluding carboxylic acids is 1. The molecule has 2 aromatic rings. The van der Waals surface area contributed by atoms with Crippen LogP contribution in [0, 0.1) is 23.5 Å². The summed E-state index contributed by atoms with van der Waals surface area (Å²) in [5, 5.41) is 3.05. The molecule has 0 aromatic heterocycles. The minimum atomic E-state index is -0.869. The van der Waals surface area contributed by atoms with Crippen LogP contribution in [0.2, 0.25) is 0 Å². The van der Waals surface area contributed by atoms with Crippen LogP contribution in [-0.4, -0.2) is 17.5 Å². The second kappa shape index (κ2) is 6.71. The lowest BCUT2D eigenvalue weighted by Crippen LogP contribution is -2.53. The van der Waals surface area contributed by atoms with Crippen molar-refractivity contribution in [2.75, 3.05) is 6.54 Å². The number of urea groups is 1.